The van der Waals surface area contributed by atoms with Crippen LogP contribution >= 0.6 is 24.8 Å². The summed E-state index contributed by atoms with van der Waals surface area (Å²) in [6.07, 6.45) is 0. The number of nitrogens with one attached hydrogen (secondary N) is 1. The minimum atomic E-state index is -0.437. The van der Waals surface area contributed by atoms with Crippen LogP contribution in [-0.4, -0.2) is 50.0 Å². The van der Waals surface area contributed by atoms with E-state index in [2.05, 4.69) is 10.2 Å². The third-order valence-electron chi connectivity index (χ3n) is 3.33. The van der Waals surface area contributed by atoms with Crippen molar-refractivity contribution in [3.8, 4) is 11.5 Å². The second kappa shape index (κ2) is 9.23. The molecular weight excluding hydrogens is 306 g/mol. The first-order valence-electron chi connectivity index (χ1n) is 6.14. The molecule has 20 heavy (non-hydrogen) atoms. The lowest BCUT2D eigenvalue weighted by molar-refractivity contribution is 0.147. The number of benzene rings is 1. The molecular formula is C13H21Cl2FN2O2. The van der Waals surface area contributed by atoms with Gasteiger partial charge in [-0.3, -0.25) is 4.90 Å². The van der Waals surface area contributed by atoms with E-state index >= 15 is 0 Å². The van der Waals surface area contributed by atoms with Crippen LogP contribution in [0.25, 0.3) is 0 Å². The fraction of sp³-hybridized carbons (Fsp3) is 0.538. The van der Waals surface area contributed by atoms with Crippen LogP contribution in [0.1, 0.15) is 11.6 Å². The molecule has 0 amide bonds. The molecule has 1 aliphatic rings. The number of alkyl halides is 1. The number of hydrogen-bond acceptors (Lipinski definition) is 4. The maximum absolute atomic E-state index is 13.3. The Balaban J connectivity index is 0.00000180. The molecule has 2 rings (SSSR count). The SMILES string of the molecule is COc1cc([C@H](CF)N2CCNCC2)ccc1O.Cl.Cl. The van der Waals surface area contributed by atoms with E-state index in [1.807, 2.05) is 0 Å². The molecule has 0 unspecified atom stereocenters. The summed E-state index contributed by atoms with van der Waals surface area (Å²) >= 11 is 0. The maximum atomic E-state index is 13.3. The molecule has 4 nitrogen and oxygen atoms in total. The van der Waals surface area contributed by atoms with Crippen molar-refractivity contribution in [2.45, 2.75) is 6.04 Å². The van der Waals surface area contributed by atoms with E-state index in [-0.39, 0.29) is 36.6 Å². The number of rotatable bonds is 4. The van der Waals surface area contributed by atoms with Crippen molar-refractivity contribution in [1.82, 2.24) is 10.2 Å². The normalized spacial score (nSPS) is 16.7. The number of phenolic OH excluding ortho intramolecular Hbond substituents is 1. The van der Waals surface area contributed by atoms with Crippen LogP contribution in [0.15, 0.2) is 18.2 Å². The first-order chi connectivity index (χ1) is 8.76. The van der Waals surface area contributed by atoms with Gasteiger partial charge in [0.1, 0.15) is 6.67 Å². The lowest BCUT2D eigenvalue weighted by Crippen LogP contribution is -2.45. The van der Waals surface area contributed by atoms with Crippen LogP contribution in [0.3, 0.4) is 0 Å². The molecule has 116 valence electrons. The summed E-state index contributed by atoms with van der Waals surface area (Å²) in [5.74, 6) is 0.472. The van der Waals surface area contributed by atoms with E-state index in [0.29, 0.717) is 5.75 Å². The predicted octanol–water partition coefficient (Wildman–Crippen LogP) is 2.16. The van der Waals surface area contributed by atoms with Gasteiger partial charge in [-0.25, -0.2) is 4.39 Å². The van der Waals surface area contributed by atoms with Gasteiger partial charge in [0.05, 0.1) is 13.2 Å². The summed E-state index contributed by atoms with van der Waals surface area (Å²) < 4.78 is 18.4. The highest BCUT2D eigenvalue weighted by Gasteiger charge is 2.22. The highest BCUT2D eigenvalue weighted by Crippen LogP contribution is 2.31. The zero-order valence-corrected chi connectivity index (χ0v) is 13.0. The zero-order valence-electron chi connectivity index (χ0n) is 11.3. The first kappa shape index (κ1) is 19.2. The molecule has 0 saturated carbocycles. The Hall–Kier alpha value is -0.750. The molecule has 0 aliphatic carbocycles. The second-order valence-electron chi connectivity index (χ2n) is 4.39. The number of nitrogens with zero attached hydrogens (tertiary/aromatic N) is 1. The number of phenols is 1. The number of piperazine rings is 1. The maximum Gasteiger partial charge on any atom is 0.160 e. The van der Waals surface area contributed by atoms with Crippen molar-refractivity contribution >= 4 is 24.8 Å². The van der Waals surface area contributed by atoms with Gasteiger partial charge in [0.15, 0.2) is 11.5 Å². The highest BCUT2D eigenvalue weighted by molar-refractivity contribution is 5.85. The molecule has 2 N–H and O–H groups in total. The Labute approximate surface area is 131 Å². The lowest BCUT2D eigenvalue weighted by atomic mass is 10.0. The van der Waals surface area contributed by atoms with E-state index in [9.17, 15) is 9.50 Å². The Morgan fingerprint density at radius 2 is 2.00 bits per heavy atom. The first-order valence-corrected chi connectivity index (χ1v) is 6.14. The molecule has 1 aromatic rings. The van der Waals surface area contributed by atoms with Gasteiger partial charge in [0, 0.05) is 26.2 Å². The van der Waals surface area contributed by atoms with Crippen molar-refractivity contribution in [2.24, 2.45) is 0 Å². The summed E-state index contributed by atoms with van der Waals surface area (Å²) in [4.78, 5) is 2.11. The Morgan fingerprint density at radius 1 is 1.35 bits per heavy atom. The molecule has 1 fully saturated rings. The molecule has 1 aromatic carbocycles. The van der Waals surface area contributed by atoms with Crippen LogP contribution in [0.4, 0.5) is 4.39 Å². The third-order valence-corrected chi connectivity index (χ3v) is 3.33. The van der Waals surface area contributed by atoms with E-state index < -0.39 is 6.67 Å². The number of aromatic hydroxyl groups is 1. The fourth-order valence-corrected chi connectivity index (χ4v) is 2.29. The molecule has 0 bridgehead atoms. The van der Waals surface area contributed by atoms with Crippen molar-refractivity contribution in [2.75, 3.05) is 40.0 Å². The molecule has 1 aliphatic heterocycles. The van der Waals surface area contributed by atoms with Gasteiger partial charge in [0.25, 0.3) is 0 Å². The summed E-state index contributed by atoms with van der Waals surface area (Å²) in [6, 6.07) is 4.76. The van der Waals surface area contributed by atoms with Gasteiger partial charge >= 0.3 is 0 Å². The number of ether oxygens (including phenoxy) is 1. The van der Waals surface area contributed by atoms with Gasteiger partial charge in [0.2, 0.25) is 0 Å². The van der Waals surface area contributed by atoms with Crippen LogP contribution in [-0.2, 0) is 0 Å². The molecule has 1 saturated heterocycles. The minimum absolute atomic E-state index is 0. The molecule has 0 aromatic heterocycles. The molecule has 7 heteroatoms. The standard InChI is InChI=1S/C13H19FN2O2.2ClH/c1-18-13-8-10(2-3-12(13)17)11(9-14)16-6-4-15-5-7-16;;/h2-3,8,11,15,17H,4-7,9H2,1H3;2*1H/t11-;;/m0../s1. The van der Waals surface area contributed by atoms with Gasteiger partial charge in [-0.2, -0.15) is 0 Å². The smallest absolute Gasteiger partial charge is 0.160 e. The molecule has 0 radical (unpaired) electrons. The van der Waals surface area contributed by atoms with Crippen LogP contribution in [0, 0.1) is 0 Å². The zero-order chi connectivity index (χ0) is 13.0. The predicted molar refractivity (Wildman–Crippen MR) is 82.3 cm³/mol. The van der Waals surface area contributed by atoms with E-state index in [4.69, 9.17) is 4.74 Å². The number of hydrogen-bond donors (Lipinski definition) is 2. The van der Waals surface area contributed by atoms with E-state index in [1.54, 1.807) is 18.2 Å². The Morgan fingerprint density at radius 3 is 2.55 bits per heavy atom. The number of halogens is 3. The van der Waals surface area contributed by atoms with Crippen molar-refractivity contribution in [3.05, 3.63) is 23.8 Å². The summed E-state index contributed by atoms with van der Waals surface area (Å²) in [6.45, 7) is 2.99. The van der Waals surface area contributed by atoms with Crippen LogP contribution < -0.4 is 10.1 Å². The average Bonchev–Trinajstić information content (AvgIpc) is 2.42. The average molecular weight is 327 g/mol. The van der Waals surface area contributed by atoms with Gasteiger partial charge in [-0.1, -0.05) is 6.07 Å². The van der Waals surface area contributed by atoms with E-state index in [0.717, 1.165) is 31.7 Å². The van der Waals surface area contributed by atoms with Gasteiger partial charge < -0.3 is 15.2 Å². The van der Waals surface area contributed by atoms with Crippen molar-refractivity contribution in [1.29, 1.82) is 0 Å². The summed E-state index contributed by atoms with van der Waals surface area (Å²) in [7, 11) is 1.49. The third kappa shape index (κ3) is 4.38. The van der Waals surface area contributed by atoms with Crippen molar-refractivity contribution < 1.29 is 14.2 Å². The minimum Gasteiger partial charge on any atom is -0.504 e. The Bertz CT molecular complexity index is 404. The monoisotopic (exact) mass is 326 g/mol. The molecule has 1 heterocycles. The lowest BCUT2D eigenvalue weighted by Gasteiger charge is -2.33. The quantitative estimate of drug-likeness (QED) is 0.890. The Kier molecular flexibility index (Phi) is 8.89. The second-order valence-corrected chi connectivity index (χ2v) is 4.39. The van der Waals surface area contributed by atoms with Crippen LogP contribution in [0.5, 0.6) is 11.5 Å². The highest BCUT2D eigenvalue weighted by atomic mass is 35.5. The van der Waals surface area contributed by atoms with Crippen molar-refractivity contribution in [3.63, 3.8) is 0 Å². The van der Waals surface area contributed by atoms with Gasteiger partial charge in [-0.05, 0) is 17.7 Å². The molecule has 0 spiro atoms. The van der Waals surface area contributed by atoms with Gasteiger partial charge in [-0.15, -0.1) is 24.8 Å². The summed E-state index contributed by atoms with van der Waals surface area (Å²) in [5, 5.41) is 12.8. The number of methoxy groups -OCH3 is 1. The largest absolute Gasteiger partial charge is 0.504 e. The molecule has 1 atom stereocenters. The topological polar surface area (TPSA) is 44.7 Å². The van der Waals surface area contributed by atoms with E-state index in [1.165, 1.54) is 7.11 Å². The summed E-state index contributed by atoms with van der Waals surface area (Å²) in [5.41, 5.74) is 0.842. The van der Waals surface area contributed by atoms with Crippen LogP contribution in [0.2, 0.25) is 0 Å². The fourth-order valence-electron chi connectivity index (χ4n) is 2.29.